The Morgan fingerprint density at radius 3 is 2.08 bits per heavy atom. The fraction of sp³-hybridized carbons (Fsp3) is 0.0833. The molecule has 0 radical (unpaired) electrons. The number of aromatic nitrogens is 3. The topological polar surface area (TPSA) is 30.7 Å². The summed E-state index contributed by atoms with van der Waals surface area (Å²) in [7, 11) is 0. The Morgan fingerprint density at radius 2 is 1.21 bits per heavy atom. The summed E-state index contributed by atoms with van der Waals surface area (Å²) in [4.78, 5) is 10.6. The van der Waals surface area contributed by atoms with E-state index in [9.17, 15) is 0 Å². The molecule has 4 heterocycles. The summed E-state index contributed by atoms with van der Waals surface area (Å²) in [5, 5.41) is 8.74. The third-order valence-electron chi connectivity index (χ3n) is 10.8. The normalized spacial score (nSPS) is 12.4. The largest absolute Gasteiger partial charge is 0.278 e. The number of hydrogen-bond donors (Lipinski definition) is 0. The minimum absolute atomic E-state index is 0.0911. The van der Waals surface area contributed by atoms with Gasteiger partial charge in [-0.05, 0) is 64.6 Å². The summed E-state index contributed by atoms with van der Waals surface area (Å²) in [5.74, 6) is 0.678. The van der Waals surface area contributed by atoms with Gasteiger partial charge in [0.25, 0.3) is 0 Å². The highest BCUT2D eigenvalue weighted by Crippen LogP contribution is 2.46. The Bertz CT molecular complexity index is 3270. The minimum atomic E-state index is 0.0911. The van der Waals surface area contributed by atoms with E-state index in [1.165, 1.54) is 67.8 Å². The monoisotopic (exact) mass is 715 g/mol. The second-order valence-corrected chi connectivity index (χ2v) is 17.1. The Morgan fingerprint density at radius 1 is 0.491 bits per heavy atom. The third kappa shape index (κ3) is 4.64. The van der Waals surface area contributed by atoms with Gasteiger partial charge in [0.2, 0.25) is 5.95 Å². The van der Waals surface area contributed by atoms with Crippen molar-refractivity contribution in [3.63, 3.8) is 0 Å². The Labute approximate surface area is 314 Å². The summed E-state index contributed by atoms with van der Waals surface area (Å²) in [6, 6.07) is 53.0. The number of rotatable bonds is 3. The highest BCUT2D eigenvalue weighted by Gasteiger charge is 2.22. The molecule has 3 nitrogen and oxygen atoms in total. The van der Waals surface area contributed by atoms with Gasteiger partial charge < -0.3 is 0 Å². The van der Waals surface area contributed by atoms with E-state index in [0.717, 1.165) is 33.2 Å². The fourth-order valence-corrected chi connectivity index (χ4v) is 10.6. The van der Waals surface area contributed by atoms with Gasteiger partial charge in [0, 0.05) is 62.1 Å². The molecule has 11 rings (SSSR count). The minimum Gasteiger partial charge on any atom is -0.278 e. The average molecular weight is 716 g/mol. The third-order valence-corrected chi connectivity index (χ3v) is 13.2. The predicted molar refractivity (Wildman–Crippen MR) is 229 cm³/mol. The second kappa shape index (κ2) is 11.3. The lowest BCUT2D eigenvalue weighted by Crippen LogP contribution is -2.10. The van der Waals surface area contributed by atoms with Crippen LogP contribution in [0, 0.1) is 0 Å². The molecule has 0 aliphatic heterocycles. The summed E-state index contributed by atoms with van der Waals surface area (Å²) in [6.07, 6.45) is 0. The van der Waals surface area contributed by atoms with Gasteiger partial charge in [-0.15, -0.1) is 22.7 Å². The van der Waals surface area contributed by atoms with E-state index in [2.05, 4.69) is 171 Å². The molecule has 252 valence electrons. The van der Waals surface area contributed by atoms with Gasteiger partial charge in [-0.25, -0.2) is 9.97 Å². The van der Waals surface area contributed by atoms with Crippen LogP contribution in [0.4, 0.5) is 0 Å². The predicted octanol–water partition coefficient (Wildman–Crippen LogP) is 14.1. The number of thiophene rings is 2. The van der Waals surface area contributed by atoms with Crippen LogP contribution in [-0.2, 0) is 5.41 Å². The molecule has 4 aromatic heterocycles. The Hall–Kier alpha value is -5.88. The maximum Gasteiger partial charge on any atom is 0.235 e. The lowest BCUT2D eigenvalue weighted by molar-refractivity contribution is 0.591. The van der Waals surface area contributed by atoms with Gasteiger partial charge >= 0.3 is 0 Å². The van der Waals surface area contributed by atoms with E-state index in [4.69, 9.17) is 9.97 Å². The molecule has 0 spiro atoms. The molecular formula is C48H33N3S2. The van der Waals surface area contributed by atoms with Crippen molar-refractivity contribution in [2.75, 3.05) is 0 Å². The average Bonchev–Trinajstić information content (AvgIpc) is 3.86. The van der Waals surface area contributed by atoms with Crippen LogP contribution in [0.15, 0.2) is 146 Å². The van der Waals surface area contributed by atoms with Crippen molar-refractivity contribution in [1.29, 1.82) is 0 Å². The second-order valence-electron chi connectivity index (χ2n) is 15.0. The van der Waals surface area contributed by atoms with E-state index in [-0.39, 0.29) is 5.41 Å². The van der Waals surface area contributed by atoms with Gasteiger partial charge in [0.15, 0.2) is 0 Å². The van der Waals surface area contributed by atoms with Crippen molar-refractivity contribution in [3.05, 3.63) is 151 Å². The first-order valence-corrected chi connectivity index (χ1v) is 19.7. The van der Waals surface area contributed by atoms with E-state index < -0.39 is 0 Å². The van der Waals surface area contributed by atoms with Crippen LogP contribution < -0.4 is 0 Å². The van der Waals surface area contributed by atoms with Crippen molar-refractivity contribution in [2.24, 2.45) is 0 Å². The first kappa shape index (κ1) is 30.7. The van der Waals surface area contributed by atoms with Crippen LogP contribution in [0.3, 0.4) is 0 Å². The highest BCUT2D eigenvalue weighted by molar-refractivity contribution is 7.27. The van der Waals surface area contributed by atoms with Gasteiger partial charge in [-0.2, -0.15) is 0 Å². The molecule has 0 fully saturated rings. The van der Waals surface area contributed by atoms with Crippen LogP contribution >= 0.6 is 22.7 Å². The van der Waals surface area contributed by atoms with E-state index in [0.29, 0.717) is 5.95 Å². The standard InChI is InChI=1S/C48H33N3S2/c1-48(2,3)30-21-25-42-36(27-30)33-17-11-16-31(45(33)52-42)29-20-23-39-37(26-29)43-40(24-22-34-32-14-8-10-19-41(32)53-46(34)43)51(39)47-49-38-18-9-7-15-35(38)44(50-47)28-12-5-4-6-13-28/h4-27H,1-3H3. The summed E-state index contributed by atoms with van der Waals surface area (Å²) < 4.78 is 7.53. The van der Waals surface area contributed by atoms with Crippen molar-refractivity contribution in [3.8, 4) is 28.3 Å². The fourth-order valence-electron chi connectivity index (χ4n) is 8.14. The number of hydrogen-bond acceptors (Lipinski definition) is 4. The van der Waals surface area contributed by atoms with Crippen molar-refractivity contribution in [1.82, 2.24) is 14.5 Å². The van der Waals surface area contributed by atoms with Crippen LogP contribution in [0.25, 0.3) is 101 Å². The molecule has 0 unspecified atom stereocenters. The Kier molecular flexibility index (Phi) is 6.55. The van der Waals surface area contributed by atoms with Gasteiger partial charge in [-0.1, -0.05) is 124 Å². The molecule has 11 aromatic rings. The zero-order chi connectivity index (χ0) is 35.4. The van der Waals surface area contributed by atoms with Crippen LogP contribution in [-0.4, -0.2) is 14.5 Å². The van der Waals surface area contributed by atoms with E-state index in [1.54, 1.807) is 0 Å². The quantitative estimate of drug-likeness (QED) is 0.182. The molecule has 0 atom stereocenters. The number of benzene rings is 7. The zero-order valence-corrected chi connectivity index (χ0v) is 31.1. The summed E-state index contributed by atoms with van der Waals surface area (Å²) >= 11 is 3.77. The van der Waals surface area contributed by atoms with E-state index >= 15 is 0 Å². The lowest BCUT2D eigenvalue weighted by atomic mass is 9.86. The number of fused-ring (bicyclic) bond motifs is 11. The molecule has 0 N–H and O–H groups in total. The van der Waals surface area contributed by atoms with Gasteiger partial charge in [0.1, 0.15) is 0 Å². The Balaban J connectivity index is 1.22. The van der Waals surface area contributed by atoms with Crippen molar-refractivity contribution >= 4 is 95.7 Å². The molecular weight excluding hydrogens is 683 g/mol. The lowest BCUT2D eigenvalue weighted by Gasteiger charge is -2.18. The van der Waals surface area contributed by atoms with Crippen LogP contribution in [0.1, 0.15) is 26.3 Å². The summed E-state index contributed by atoms with van der Waals surface area (Å²) in [6.45, 7) is 6.87. The summed E-state index contributed by atoms with van der Waals surface area (Å²) in [5.41, 5.74) is 9.09. The molecule has 5 heteroatoms. The highest BCUT2D eigenvalue weighted by atomic mass is 32.1. The maximum absolute atomic E-state index is 5.36. The van der Waals surface area contributed by atoms with Crippen molar-refractivity contribution in [2.45, 2.75) is 26.2 Å². The van der Waals surface area contributed by atoms with Crippen LogP contribution in [0.2, 0.25) is 0 Å². The van der Waals surface area contributed by atoms with Gasteiger partial charge in [-0.3, -0.25) is 4.57 Å². The molecule has 0 saturated heterocycles. The molecule has 53 heavy (non-hydrogen) atoms. The van der Waals surface area contributed by atoms with Gasteiger partial charge in [0.05, 0.1) is 22.2 Å². The van der Waals surface area contributed by atoms with Crippen LogP contribution in [0.5, 0.6) is 0 Å². The smallest absolute Gasteiger partial charge is 0.235 e. The molecule has 0 aliphatic rings. The first-order valence-electron chi connectivity index (χ1n) is 18.1. The molecule has 0 bridgehead atoms. The molecule has 0 amide bonds. The molecule has 0 saturated carbocycles. The van der Waals surface area contributed by atoms with Crippen molar-refractivity contribution < 1.29 is 0 Å². The first-order chi connectivity index (χ1) is 25.9. The number of para-hydroxylation sites is 1. The molecule has 7 aromatic carbocycles. The number of nitrogens with zero attached hydrogens (tertiary/aromatic N) is 3. The van der Waals surface area contributed by atoms with E-state index in [1.807, 2.05) is 22.7 Å². The molecule has 0 aliphatic carbocycles. The SMILES string of the molecule is CC(C)(C)c1ccc2sc3c(-c4ccc5c(c4)c4c6sc7ccccc7c6ccc4n5-c4nc(-c5ccccc5)c5ccccc5n4)cccc3c2c1. The zero-order valence-electron chi connectivity index (χ0n) is 29.5. The maximum atomic E-state index is 5.36.